The molecule has 1 heterocycles. The Morgan fingerprint density at radius 3 is 2.94 bits per heavy atom. The zero-order valence-electron chi connectivity index (χ0n) is 9.55. The smallest absolute Gasteiger partial charge is 0.129 e. The minimum absolute atomic E-state index is 0.153. The highest BCUT2D eigenvalue weighted by atomic mass is 32.2. The molecule has 2 nitrogen and oxygen atoms in total. The largest absolute Gasteiger partial charge is 0.371 e. The summed E-state index contributed by atoms with van der Waals surface area (Å²) in [6.45, 7) is 4.11. The number of hydrogen-bond acceptors (Lipinski definition) is 3. The van der Waals surface area contributed by atoms with Crippen LogP contribution in [0.4, 0.5) is 4.39 Å². The summed E-state index contributed by atoms with van der Waals surface area (Å²) in [6, 6.07) is 3.51. The van der Waals surface area contributed by atoms with Crippen LogP contribution in [0.15, 0.2) is 17.0 Å². The van der Waals surface area contributed by atoms with E-state index in [1.807, 2.05) is 19.2 Å². The number of benzene rings is 1. The summed E-state index contributed by atoms with van der Waals surface area (Å²) in [6.07, 6.45) is 1.85. The van der Waals surface area contributed by atoms with E-state index in [0.717, 1.165) is 17.0 Å². The molecule has 1 fully saturated rings. The lowest BCUT2D eigenvalue weighted by Gasteiger charge is -2.25. The number of aryl methyl sites for hydroxylation is 1. The molecule has 1 aromatic carbocycles. The highest BCUT2D eigenvalue weighted by Gasteiger charge is 2.20. The Labute approximate surface area is 99.6 Å². The first kappa shape index (κ1) is 11.9. The summed E-state index contributed by atoms with van der Waals surface area (Å²) in [7, 11) is 0. The van der Waals surface area contributed by atoms with Crippen LogP contribution < -0.4 is 5.32 Å². The maximum Gasteiger partial charge on any atom is 0.129 e. The zero-order chi connectivity index (χ0) is 11.5. The number of thioether (sulfide) groups is 1. The fourth-order valence-corrected chi connectivity index (χ4v) is 2.53. The van der Waals surface area contributed by atoms with Crippen molar-refractivity contribution in [3.05, 3.63) is 29.1 Å². The number of morpholine rings is 1. The number of halogens is 1. The van der Waals surface area contributed by atoms with Crippen molar-refractivity contribution in [3.8, 4) is 0 Å². The third kappa shape index (κ3) is 2.39. The molecule has 1 saturated heterocycles. The van der Waals surface area contributed by atoms with Gasteiger partial charge in [0.15, 0.2) is 0 Å². The van der Waals surface area contributed by atoms with E-state index < -0.39 is 0 Å². The second-order valence-corrected chi connectivity index (χ2v) is 4.75. The first-order valence-electron chi connectivity index (χ1n) is 5.38. The Balaban J connectivity index is 2.31. The van der Waals surface area contributed by atoms with Crippen LogP contribution in [0.3, 0.4) is 0 Å². The third-order valence-corrected chi connectivity index (χ3v) is 3.67. The van der Waals surface area contributed by atoms with E-state index in [9.17, 15) is 4.39 Å². The predicted molar refractivity (Wildman–Crippen MR) is 64.5 cm³/mol. The summed E-state index contributed by atoms with van der Waals surface area (Å²) in [5.41, 5.74) is 1.65. The van der Waals surface area contributed by atoms with Gasteiger partial charge in [0.05, 0.1) is 12.7 Å². The molecular formula is C12H16FNOS. The summed E-state index contributed by atoms with van der Waals surface area (Å²) in [4.78, 5) is 1.12. The number of ether oxygens (including phenoxy) is 1. The SMILES string of the molecule is CSc1cc(C2CNCCO2)c(F)cc1C. The Hall–Kier alpha value is -0.580. The topological polar surface area (TPSA) is 21.3 Å². The van der Waals surface area contributed by atoms with Gasteiger partial charge in [0.2, 0.25) is 0 Å². The Morgan fingerprint density at radius 2 is 2.31 bits per heavy atom. The van der Waals surface area contributed by atoms with E-state index in [4.69, 9.17) is 4.74 Å². The quantitative estimate of drug-likeness (QED) is 0.804. The average Bonchev–Trinajstić information content (AvgIpc) is 2.30. The molecule has 1 aromatic rings. The van der Waals surface area contributed by atoms with Gasteiger partial charge in [-0.25, -0.2) is 4.39 Å². The van der Waals surface area contributed by atoms with Crippen LogP contribution in [0.5, 0.6) is 0 Å². The predicted octanol–water partition coefficient (Wildman–Crippen LogP) is 2.52. The van der Waals surface area contributed by atoms with E-state index in [-0.39, 0.29) is 11.9 Å². The Kier molecular flexibility index (Phi) is 3.84. The molecule has 1 N–H and O–H groups in total. The molecule has 88 valence electrons. The maximum absolute atomic E-state index is 13.8. The molecule has 0 aliphatic carbocycles. The second kappa shape index (κ2) is 5.17. The molecule has 0 bridgehead atoms. The van der Waals surface area contributed by atoms with Gasteiger partial charge in [-0.05, 0) is 30.9 Å². The molecule has 1 atom stereocenters. The Bertz CT molecular complexity index is 378. The number of hydrogen-bond donors (Lipinski definition) is 1. The van der Waals surface area contributed by atoms with Gasteiger partial charge in [0.1, 0.15) is 5.82 Å². The second-order valence-electron chi connectivity index (χ2n) is 3.91. The monoisotopic (exact) mass is 241 g/mol. The van der Waals surface area contributed by atoms with E-state index in [1.54, 1.807) is 17.8 Å². The van der Waals surface area contributed by atoms with Crippen LogP contribution in [-0.4, -0.2) is 26.0 Å². The molecule has 0 spiro atoms. The highest BCUT2D eigenvalue weighted by molar-refractivity contribution is 7.98. The van der Waals surface area contributed by atoms with Crippen molar-refractivity contribution >= 4 is 11.8 Å². The molecule has 2 rings (SSSR count). The molecule has 0 saturated carbocycles. The first-order valence-corrected chi connectivity index (χ1v) is 6.61. The normalized spacial score (nSPS) is 21.1. The lowest BCUT2D eigenvalue weighted by molar-refractivity contribution is 0.0254. The van der Waals surface area contributed by atoms with Gasteiger partial charge >= 0.3 is 0 Å². The minimum Gasteiger partial charge on any atom is -0.371 e. The van der Waals surface area contributed by atoms with Crippen LogP contribution in [0.1, 0.15) is 17.2 Å². The van der Waals surface area contributed by atoms with Gasteiger partial charge < -0.3 is 10.1 Å². The van der Waals surface area contributed by atoms with Crippen molar-refractivity contribution in [2.24, 2.45) is 0 Å². The standard InChI is InChI=1S/C12H16FNOS/c1-8-5-10(13)9(6-12(8)16-2)11-7-14-3-4-15-11/h5-6,11,14H,3-4,7H2,1-2H3. The molecule has 4 heteroatoms. The van der Waals surface area contributed by atoms with Crippen LogP contribution >= 0.6 is 11.8 Å². The van der Waals surface area contributed by atoms with Gasteiger partial charge in [0, 0.05) is 23.5 Å². The summed E-state index contributed by atoms with van der Waals surface area (Å²) >= 11 is 1.64. The van der Waals surface area contributed by atoms with Crippen molar-refractivity contribution < 1.29 is 9.13 Å². The third-order valence-electron chi connectivity index (χ3n) is 2.79. The van der Waals surface area contributed by atoms with Crippen molar-refractivity contribution in [2.45, 2.75) is 17.9 Å². The summed E-state index contributed by atoms with van der Waals surface area (Å²) in [5.74, 6) is -0.163. The van der Waals surface area contributed by atoms with Crippen molar-refractivity contribution in [2.75, 3.05) is 26.0 Å². The molecule has 0 amide bonds. The molecule has 1 unspecified atom stereocenters. The molecule has 0 radical (unpaired) electrons. The molecule has 0 aromatic heterocycles. The first-order chi connectivity index (χ1) is 7.72. The molecule has 16 heavy (non-hydrogen) atoms. The van der Waals surface area contributed by atoms with Crippen molar-refractivity contribution in [1.29, 1.82) is 0 Å². The lowest BCUT2D eigenvalue weighted by Crippen LogP contribution is -2.33. The van der Waals surface area contributed by atoms with Crippen molar-refractivity contribution in [3.63, 3.8) is 0 Å². The van der Waals surface area contributed by atoms with Gasteiger partial charge in [-0.15, -0.1) is 11.8 Å². The van der Waals surface area contributed by atoms with E-state index >= 15 is 0 Å². The summed E-state index contributed by atoms with van der Waals surface area (Å²) < 4.78 is 19.4. The Morgan fingerprint density at radius 1 is 1.50 bits per heavy atom. The maximum atomic E-state index is 13.8. The molecule has 1 aliphatic heterocycles. The lowest BCUT2D eigenvalue weighted by atomic mass is 10.1. The van der Waals surface area contributed by atoms with Gasteiger partial charge in [0.25, 0.3) is 0 Å². The summed E-state index contributed by atoms with van der Waals surface area (Å²) in [5, 5.41) is 3.21. The van der Waals surface area contributed by atoms with Gasteiger partial charge in [-0.3, -0.25) is 0 Å². The van der Waals surface area contributed by atoms with Gasteiger partial charge in [-0.1, -0.05) is 0 Å². The number of rotatable bonds is 2. The highest BCUT2D eigenvalue weighted by Crippen LogP contribution is 2.29. The molecule has 1 aliphatic rings. The molecular weight excluding hydrogens is 225 g/mol. The van der Waals surface area contributed by atoms with Crippen molar-refractivity contribution in [1.82, 2.24) is 5.32 Å². The average molecular weight is 241 g/mol. The van der Waals surface area contributed by atoms with Crippen LogP contribution in [0.2, 0.25) is 0 Å². The van der Waals surface area contributed by atoms with Crippen LogP contribution in [0.25, 0.3) is 0 Å². The minimum atomic E-state index is -0.163. The van der Waals surface area contributed by atoms with E-state index in [0.29, 0.717) is 18.7 Å². The fraction of sp³-hybridized carbons (Fsp3) is 0.500. The van der Waals surface area contributed by atoms with Crippen LogP contribution in [-0.2, 0) is 4.74 Å². The fourth-order valence-electron chi connectivity index (χ4n) is 1.90. The number of nitrogens with one attached hydrogen (secondary N) is 1. The van der Waals surface area contributed by atoms with E-state index in [1.165, 1.54) is 0 Å². The van der Waals surface area contributed by atoms with Crippen LogP contribution in [0, 0.1) is 12.7 Å². The van der Waals surface area contributed by atoms with E-state index in [2.05, 4.69) is 5.32 Å². The van der Waals surface area contributed by atoms with Gasteiger partial charge in [-0.2, -0.15) is 0 Å². The zero-order valence-corrected chi connectivity index (χ0v) is 10.4.